The number of nitrogens with zero attached hydrogens (tertiary/aromatic N) is 1. The number of para-hydroxylation sites is 1. The van der Waals surface area contributed by atoms with Crippen LogP contribution in [-0.4, -0.2) is 29.3 Å². The van der Waals surface area contributed by atoms with Gasteiger partial charge in [0.15, 0.2) is 0 Å². The summed E-state index contributed by atoms with van der Waals surface area (Å²) < 4.78 is 0. The van der Waals surface area contributed by atoms with Gasteiger partial charge < -0.3 is 16.0 Å². The minimum Gasteiger partial charge on any atom is -0.374 e. The molecule has 2 amide bonds. The summed E-state index contributed by atoms with van der Waals surface area (Å²) in [6, 6.07) is 10.9. The Morgan fingerprint density at radius 1 is 1.11 bits per heavy atom. The van der Waals surface area contributed by atoms with Gasteiger partial charge in [-0.15, -0.1) is 0 Å². The van der Waals surface area contributed by atoms with E-state index in [2.05, 4.69) is 16.0 Å². The molecule has 2 aromatic rings. The first-order valence-electron chi connectivity index (χ1n) is 8.42. The first kappa shape index (κ1) is 19.9. The molecule has 0 bridgehead atoms. The zero-order valence-electron chi connectivity index (χ0n) is 15.4. The molecule has 2 rings (SSSR count). The number of hydrogen-bond donors (Lipinski definition) is 3. The monoisotopic (exact) mass is 370 g/mol. The molecule has 0 saturated carbocycles. The summed E-state index contributed by atoms with van der Waals surface area (Å²) >= 11 is 0. The van der Waals surface area contributed by atoms with Crippen molar-refractivity contribution in [3.63, 3.8) is 0 Å². The zero-order chi connectivity index (χ0) is 20.0. The summed E-state index contributed by atoms with van der Waals surface area (Å²) in [5.41, 5.74) is 3.00. The van der Waals surface area contributed by atoms with Gasteiger partial charge in [-0.3, -0.25) is 19.7 Å². The minimum absolute atomic E-state index is 0.0689. The van der Waals surface area contributed by atoms with E-state index in [-0.39, 0.29) is 18.1 Å². The summed E-state index contributed by atoms with van der Waals surface area (Å²) in [5.74, 6) is -0.721. The zero-order valence-corrected chi connectivity index (χ0v) is 15.4. The number of benzene rings is 2. The molecule has 142 valence electrons. The van der Waals surface area contributed by atoms with Crippen molar-refractivity contribution in [2.24, 2.45) is 0 Å². The molecule has 8 heteroatoms. The summed E-state index contributed by atoms with van der Waals surface area (Å²) in [5, 5.41) is 19.0. The van der Waals surface area contributed by atoms with Crippen molar-refractivity contribution in [2.45, 2.75) is 26.8 Å². The molecular formula is C19H22N4O4. The molecule has 0 saturated heterocycles. The second-order valence-electron chi connectivity index (χ2n) is 6.21. The lowest BCUT2D eigenvalue weighted by Gasteiger charge is -2.16. The van der Waals surface area contributed by atoms with E-state index < -0.39 is 16.9 Å². The van der Waals surface area contributed by atoms with Crippen molar-refractivity contribution in [3.05, 3.63) is 63.7 Å². The van der Waals surface area contributed by atoms with Crippen molar-refractivity contribution in [1.82, 2.24) is 5.32 Å². The van der Waals surface area contributed by atoms with Gasteiger partial charge in [-0.25, -0.2) is 0 Å². The first-order valence-corrected chi connectivity index (χ1v) is 8.42. The SMILES string of the molecule is Cc1cccc(C)c1NC(=O)CNC(=O)[C@@H](C)Nc1cccc([N+](=O)[O-])c1. The normalized spacial score (nSPS) is 11.4. The fraction of sp³-hybridized carbons (Fsp3) is 0.263. The lowest BCUT2D eigenvalue weighted by atomic mass is 10.1. The van der Waals surface area contributed by atoms with Gasteiger partial charge in [0, 0.05) is 23.5 Å². The largest absolute Gasteiger partial charge is 0.374 e. The number of nitro benzene ring substituents is 1. The van der Waals surface area contributed by atoms with E-state index in [1.165, 1.54) is 18.2 Å². The molecule has 0 aliphatic carbocycles. The molecule has 0 aliphatic heterocycles. The van der Waals surface area contributed by atoms with Crippen LogP contribution in [0.2, 0.25) is 0 Å². The first-order chi connectivity index (χ1) is 12.8. The fourth-order valence-electron chi connectivity index (χ4n) is 2.54. The molecule has 0 fully saturated rings. The highest BCUT2D eigenvalue weighted by Gasteiger charge is 2.15. The van der Waals surface area contributed by atoms with Gasteiger partial charge >= 0.3 is 0 Å². The van der Waals surface area contributed by atoms with E-state index in [0.717, 1.165) is 16.8 Å². The molecule has 1 atom stereocenters. The number of non-ortho nitro benzene ring substituents is 1. The minimum atomic E-state index is -0.667. The second kappa shape index (κ2) is 8.79. The number of anilines is 2. The fourth-order valence-corrected chi connectivity index (χ4v) is 2.54. The molecule has 0 unspecified atom stereocenters. The van der Waals surface area contributed by atoms with Gasteiger partial charge in [0.25, 0.3) is 5.69 Å². The van der Waals surface area contributed by atoms with Crippen molar-refractivity contribution in [1.29, 1.82) is 0 Å². The Morgan fingerprint density at radius 3 is 2.37 bits per heavy atom. The van der Waals surface area contributed by atoms with Crippen LogP contribution in [0.5, 0.6) is 0 Å². The summed E-state index contributed by atoms with van der Waals surface area (Å²) in [4.78, 5) is 34.6. The Bertz CT molecular complexity index is 846. The maximum absolute atomic E-state index is 12.2. The smallest absolute Gasteiger partial charge is 0.271 e. The lowest BCUT2D eigenvalue weighted by Crippen LogP contribution is -2.41. The van der Waals surface area contributed by atoms with Crippen molar-refractivity contribution < 1.29 is 14.5 Å². The summed E-state index contributed by atoms with van der Waals surface area (Å²) in [7, 11) is 0. The quantitative estimate of drug-likeness (QED) is 0.512. The molecule has 0 aliphatic rings. The van der Waals surface area contributed by atoms with Crippen molar-refractivity contribution in [2.75, 3.05) is 17.2 Å². The third-order valence-electron chi connectivity index (χ3n) is 4.00. The highest BCUT2D eigenvalue weighted by atomic mass is 16.6. The van der Waals surface area contributed by atoms with Crippen LogP contribution in [0.4, 0.5) is 17.1 Å². The van der Waals surface area contributed by atoms with Crippen LogP contribution in [-0.2, 0) is 9.59 Å². The van der Waals surface area contributed by atoms with Crippen molar-refractivity contribution in [3.8, 4) is 0 Å². The predicted octanol–water partition coefficient (Wildman–Crippen LogP) is 2.77. The number of nitro groups is 1. The third-order valence-corrected chi connectivity index (χ3v) is 4.00. The van der Waals surface area contributed by atoms with Crippen LogP contribution in [0.15, 0.2) is 42.5 Å². The molecule has 0 heterocycles. The summed E-state index contributed by atoms with van der Waals surface area (Å²) in [6.07, 6.45) is 0. The topological polar surface area (TPSA) is 113 Å². The van der Waals surface area contributed by atoms with E-state index in [1.807, 2.05) is 32.0 Å². The Balaban J connectivity index is 1.88. The van der Waals surface area contributed by atoms with Crippen LogP contribution in [0, 0.1) is 24.0 Å². The number of carbonyl (C=O) groups is 2. The average molecular weight is 370 g/mol. The van der Waals surface area contributed by atoms with Gasteiger partial charge in [-0.1, -0.05) is 24.3 Å². The number of aryl methyl sites for hydroxylation is 2. The van der Waals surface area contributed by atoms with Crippen LogP contribution < -0.4 is 16.0 Å². The Kier molecular flexibility index (Phi) is 6.48. The van der Waals surface area contributed by atoms with Gasteiger partial charge in [0.05, 0.1) is 11.5 Å². The van der Waals surface area contributed by atoms with Gasteiger partial charge in [-0.2, -0.15) is 0 Å². The maximum Gasteiger partial charge on any atom is 0.271 e. The van der Waals surface area contributed by atoms with Crippen LogP contribution >= 0.6 is 0 Å². The highest BCUT2D eigenvalue weighted by molar-refractivity contribution is 5.96. The third kappa shape index (κ3) is 5.53. The Hall–Kier alpha value is -3.42. The van der Waals surface area contributed by atoms with E-state index in [4.69, 9.17) is 0 Å². The van der Waals surface area contributed by atoms with E-state index in [1.54, 1.807) is 13.0 Å². The molecule has 0 aromatic heterocycles. The van der Waals surface area contributed by atoms with Crippen molar-refractivity contribution >= 4 is 28.9 Å². The maximum atomic E-state index is 12.2. The number of amides is 2. The Morgan fingerprint density at radius 2 is 1.74 bits per heavy atom. The van der Waals surface area contributed by atoms with Crippen LogP contribution in [0.1, 0.15) is 18.1 Å². The van der Waals surface area contributed by atoms with Gasteiger partial charge in [0.1, 0.15) is 6.04 Å². The molecular weight excluding hydrogens is 348 g/mol. The van der Waals surface area contributed by atoms with E-state index in [9.17, 15) is 19.7 Å². The van der Waals surface area contributed by atoms with E-state index in [0.29, 0.717) is 5.69 Å². The van der Waals surface area contributed by atoms with Gasteiger partial charge in [-0.05, 0) is 38.0 Å². The van der Waals surface area contributed by atoms with E-state index >= 15 is 0 Å². The standard InChI is InChI=1S/C19H22N4O4/c1-12-6-4-7-13(2)18(12)22-17(24)11-20-19(25)14(3)21-15-8-5-9-16(10-15)23(26)27/h4-10,14,21H,11H2,1-3H3,(H,20,25)(H,22,24)/t14-/m1/s1. The highest BCUT2D eigenvalue weighted by Crippen LogP contribution is 2.19. The number of carbonyl (C=O) groups excluding carboxylic acids is 2. The molecule has 27 heavy (non-hydrogen) atoms. The predicted molar refractivity (Wildman–Crippen MR) is 104 cm³/mol. The molecule has 2 aromatic carbocycles. The Labute approximate surface area is 157 Å². The summed E-state index contributed by atoms with van der Waals surface area (Å²) in [6.45, 7) is 5.23. The number of rotatable bonds is 7. The number of hydrogen-bond acceptors (Lipinski definition) is 5. The average Bonchev–Trinajstić information content (AvgIpc) is 2.63. The lowest BCUT2D eigenvalue weighted by molar-refractivity contribution is -0.384. The molecule has 0 spiro atoms. The van der Waals surface area contributed by atoms with Crippen LogP contribution in [0.3, 0.4) is 0 Å². The van der Waals surface area contributed by atoms with Gasteiger partial charge in [0.2, 0.25) is 11.8 Å². The molecule has 8 nitrogen and oxygen atoms in total. The molecule has 0 radical (unpaired) electrons. The molecule has 3 N–H and O–H groups in total. The number of nitrogens with one attached hydrogen (secondary N) is 3. The van der Waals surface area contributed by atoms with Crippen LogP contribution in [0.25, 0.3) is 0 Å². The second-order valence-corrected chi connectivity index (χ2v) is 6.21.